The molecule has 0 spiro atoms. The number of para-hydroxylation sites is 1. The van der Waals surface area contributed by atoms with Crippen LogP contribution in [0.25, 0.3) is 0 Å². The number of hydrazine groups is 1. The summed E-state index contributed by atoms with van der Waals surface area (Å²) < 4.78 is 11.7. The first-order valence-corrected chi connectivity index (χ1v) is 10.8. The van der Waals surface area contributed by atoms with Gasteiger partial charge in [-0.15, -0.1) is 0 Å². The van der Waals surface area contributed by atoms with E-state index in [1.165, 1.54) is 17.9 Å². The molecule has 1 N–H and O–H groups in total. The van der Waals surface area contributed by atoms with E-state index in [9.17, 15) is 9.59 Å². The molecule has 0 bridgehead atoms. The minimum Gasteiger partial charge on any atom is -0.493 e. The summed E-state index contributed by atoms with van der Waals surface area (Å²) in [4.78, 5) is 25.2. The van der Waals surface area contributed by atoms with Crippen molar-refractivity contribution in [1.29, 1.82) is 0 Å². The highest BCUT2D eigenvalue weighted by atomic mass is 16.5. The van der Waals surface area contributed by atoms with E-state index >= 15 is 0 Å². The predicted octanol–water partition coefficient (Wildman–Crippen LogP) is 3.78. The van der Waals surface area contributed by atoms with Gasteiger partial charge in [-0.3, -0.25) is 14.6 Å². The summed E-state index contributed by atoms with van der Waals surface area (Å²) >= 11 is 0. The van der Waals surface area contributed by atoms with Gasteiger partial charge in [-0.25, -0.2) is 5.01 Å². The van der Waals surface area contributed by atoms with Crippen molar-refractivity contribution < 1.29 is 19.1 Å². The zero-order chi connectivity index (χ0) is 21.8. The minimum atomic E-state index is -0.230. The van der Waals surface area contributed by atoms with Crippen LogP contribution >= 0.6 is 0 Å². The third-order valence-electron chi connectivity index (χ3n) is 6.01. The Balaban J connectivity index is 1.46. The molecule has 1 unspecified atom stereocenters. The van der Waals surface area contributed by atoms with Crippen molar-refractivity contribution in [2.24, 2.45) is 0 Å². The molecule has 7 nitrogen and oxygen atoms in total. The Bertz CT molecular complexity index is 928. The van der Waals surface area contributed by atoms with Crippen molar-refractivity contribution in [2.45, 2.75) is 44.2 Å². The highest BCUT2D eigenvalue weighted by Crippen LogP contribution is 2.38. The summed E-state index contributed by atoms with van der Waals surface area (Å²) in [7, 11) is 3.47. The van der Waals surface area contributed by atoms with E-state index in [1.807, 2.05) is 60.6 Å². The number of rotatable bonds is 7. The number of amides is 2. The maximum atomic E-state index is 12.7. The molecule has 7 heteroatoms. The molecule has 1 aliphatic carbocycles. The van der Waals surface area contributed by atoms with E-state index < -0.39 is 0 Å². The van der Waals surface area contributed by atoms with Crippen molar-refractivity contribution in [1.82, 2.24) is 10.0 Å². The third-order valence-corrected chi connectivity index (χ3v) is 6.01. The molecule has 2 amide bonds. The molecule has 0 aromatic heterocycles. The Morgan fingerprint density at radius 3 is 2.55 bits per heavy atom. The quantitative estimate of drug-likeness (QED) is 0.734. The first kappa shape index (κ1) is 21.2. The van der Waals surface area contributed by atoms with Crippen LogP contribution in [0.15, 0.2) is 48.5 Å². The molecule has 2 aliphatic rings. The summed E-state index contributed by atoms with van der Waals surface area (Å²) in [6.45, 7) is -0.0255. The van der Waals surface area contributed by atoms with Gasteiger partial charge in [-0.2, -0.15) is 0 Å². The number of nitrogens with one attached hydrogen (secondary N) is 1. The van der Waals surface area contributed by atoms with Crippen molar-refractivity contribution in [2.75, 3.05) is 26.0 Å². The van der Waals surface area contributed by atoms with Gasteiger partial charge in [0.25, 0.3) is 0 Å². The van der Waals surface area contributed by atoms with E-state index in [2.05, 4.69) is 5.32 Å². The number of benzene rings is 2. The van der Waals surface area contributed by atoms with E-state index in [1.54, 1.807) is 7.11 Å². The van der Waals surface area contributed by atoms with Gasteiger partial charge >= 0.3 is 0 Å². The highest BCUT2D eigenvalue weighted by Gasteiger charge is 2.37. The number of carbonyl (C=O) groups excluding carboxylic acids is 2. The number of ether oxygens (including phenoxy) is 2. The molecule has 1 saturated carbocycles. The van der Waals surface area contributed by atoms with Crippen LogP contribution in [0.4, 0.5) is 5.69 Å². The lowest BCUT2D eigenvalue weighted by molar-refractivity contribution is -0.141. The molecule has 2 fully saturated rings. The topological polar surface area (TPSA) is 71.1 Å². The second kappa shape index (κ2) is 9.39. The number of methoxy groups -OCH3 is 1. The van der Waals surface area contributed by atoms with Gasteiger partial charge in [0, 0.05) is 19.2 Å². The molecular formula is C24H29N3O4. The maximum Gasteiger partial charge on any atom is 0.245 e. The Morgan fingerprint density at radius 2 is 1.84 bits per heavy atom. The zero-order valence-corrected chi connectivity index (χ0v) is 18.0. The predicted molar refractivity (Wildman–Crippen MR) is 118 cm³/mol. The average molecular weight is 424 g/mol. The van der Waals surface area contributed by atoms with Gasteiger partial charge in [-0.05, 0) is 55.5 Å². The Kier molecular flexibility index (Phi) is 6.42. The first-order chi connectivity index (χ1) is 15.0. The van der Waals surface area contributed by atoms with E-state index in [0.29, 0.717) is 23.6 Å². The molecule has 164 valence electrons. The molecule has 1 atom stereocenters. The lowest BCUT2D eigenvalue weighted by Crippen LogP contribution is -2.42. The molecular weight excluding hydrogens is 394 g/mol. The van der Waals surface area contributed by atoms with Crippen LogP contribution in [-0.2, 0) is 9.59 Å². The third kappa shape index (κ3) is 4.82. The zero-order valence-electron chi connectivity index (χ0n) is 18.0. The summed E-state index contributed by atoms with van der Waals surface area (Å²) in [6, 6.07) is 14.9. The second-order valence-electron chi connectivity index (χ2n) is 8.09. The van der Waals surface area contributed by atoms with Crippen LogP contribution in [0.2, 0.25) is 0 Å². The summed E-state index contributed by atoms with van der Waals surface area (Å²) in [5.41, 5.74) is 1.68. The molecule has 31 heavy (non-hydrogen) atoms. The lowest BCUT2D eigenvalue weighted by Gasteiger charge is -2.28. The molecule has 1 heterocycles. The van der Waals surface area contributed by atoms with Crippen LogP contribution < -0.4 is 14.8 Å². The number of nitrogens with zero attached hydrogens (tertiary/aromatic N) is 2. The Hall–Kier alpha value is -3.06. The van der Waals surface area contributed by atoms with Gasteiger partial charge in [-0.1, -0.05) is 24.3 Å². The van der Waals surface area contributed by atoms with Crippen molar-refractivity contribution in [3.05, 3.63) is 54.1 Å². The molecule has 4 rings (SSSR count). The number of hydrogen-bond acceptors (Lipinski definition) is 5. The molecule has 2 aromatic rings. The number of hydrogen-bond donors (Lipinski definition) is 1. The molecule has 2 aromatic carbocycles. The lowest BCUT2D eigenvalue weighted by atomic mass is 10.0. The Labute approximate surface area is 182 Å². The second-order valence-corrected chi connectivity index (χ2v) is 8.09. The van der Waals surface area contributed by atoms with Crippen LogP contribution in [0.5, 0.6) is 11.5 Å². The first-order valence-electron chi connectivity index (χ1n) is 10.8. The smallest absolute Gasteiger partial charge is 0.245 e. The minimum absolute atomic E-state index is 0.0255. The van der Waals surface area contributed by atoms with Gasteiger partial charge in [0.05, 0.1) is 19.3 Å². The Morgan fingerprint density at radius 1 is 1.10 bits per heavy atom. The summed E-state index contributed by atoms with van der Waals surface area (Å²) in [5, 5.41) is 6.18. The van der Waals surface area contributed by atoms with Gasteiger partial charge in [0.2, 0.25) is 11.8 Å². The monoisotopic (exact) mass is 423 g/mol. The van der Waals surface area contributed by atoms with Crippen LogP contribution in [0, 0.1) is 0 Å². The molecule has 1 aliphatic heterocycles. The normalized spacial score (nSPS) is 19.6. The maximum absolute atomic E-state index is 12.7. The fourth-order valence-corrected chi connectivity index (χ4v) is 4.32. The number of anilines is 1. The fourth-order valence-electron chi connectivity index (χ4n) is 4.32. The molecule has 0 radical (unpaired) electrons. The van der Waals surface area contributed by atoms with E-state index in [4.69, 9.17) is 9.47 Å². The standard InChI is InChI=1S/C24H29N3O4/c1-26-20(15-24(29)27(26)16-23(28)25-18-8-4-3-5-9-18)17-12-13-21(30-2)22(14-17)31-19-10-6-7-11-19/h3-5,8-9,12-14,19-20H,6-7,10-11,15-16H2,1-2H3,(H,25,28). The van der Waals surface area contributed by atoms with Crippen molar-refractivity contribution >= 4 is 17.5 Å². The summed E-state index contributed by atoms with van der Waals surface area (Å²) in [5.74, 6) is 1.10. The molecule has 1 saturated heterocycles. The van der Waals surface area contributed by atoms with Crippen LogP contribution in [0.1, 0.15) is 43.7 Å². The highest BCUT2D eigenvalue weighted by molar-refractivity contribution is 5.94. The average Bonchev–Trinajstić information content (AvgIpc) is 3.38. The van der Waals surface area contributed by atoms with Crippen LogP contribution in [-0.4, -0.2) is 48.6 Å². The largest absolute Gasteiger partial charge is 0.493 e. The fraction of sp³-hybridized carbons (Fsp3) is 0.417. The van der Waals surface area contributed by atoms with Gasteiger partial charge in [0.15, 0.2) is 11.5 Å². The SMILES string of the molecule is COc1ccc(C2CC(=O)N(CC(=O)Nc3ccccc3)N2C)cc1OC1CCCC1. The van der Waals surface area contributed by atoms with Crippen LogP contribution in [0.3, 0.4) is 0 Å². The van der Waals surface area contributed by atoms with E-state index in [0.717, 1.165) is 18.4 Å². The summed E-state index contributed by atoms with van der Waals surface area (Å²) in [6.07, 6.45) is 5.01. The van der Waals surface area contributed by atoms with Crippen molar-refractivity contribution in [3.63, 3.8) is 0 Å². The van der Waals surface area contributed by atoms with E-state index in [-0.39, 0.29) is 30.5 Å². The van der Waals surface area contributed by atoms with Crippen molar-refractivity contribution in [3.8, 4) is 11.5 Å². The van der Waals surface area contributed by atoms with Gasteiger partial charge < -0.3 is 14.8 Å². The number of carbonyl (C=O) groups is 2. The van der Waals surface area contributed by atoms with Gasteiger partial charge in [0.1, 0.15) is 6.54 Å².